The zero-order valence-corrected chi connectivity index (χ0v) is 10.6. The van der Waals surface area contributed by atoms with Crippen molar-refractivity contribution in [2.24, 2.45) is 5.73 Å². The van der Waals surface area contributed by atoms with Crippen molar-refractivity contribution >= 4 is 0 Å². The van der Waals surface area contributed by atoms with E-state index in [0.29, 0.717) is 17.9 Å². The summed E-state index contributed by atoms with van der Waals surface area (Å²) in [5.41, 5.74) is 7.37. The molecular formula is C14H20FNO. The van der Waals surface area contributed by atoms with Crippen LogP contribution < -0.4 is 10.5 Å². The lowest BCUT2D eigenvalue weighted by Gasteiger charge is -2.30. The smallest absolute Gasteiger partial charge is 0.130 e. The molecule has 2 rings (SSSR count). The van der Waals surface area contributed by atoms with Crippen LogP contribution in [0.25, 0.3) is 0 Å². The first-order valence-corrected chi connectivity index (χ1v) is 6.18. The molecule has 17 heavy (non-hydrogen) atoms. The molecule has 1 aliphatic rings. The quantitative estimate of drug-likeness (QED) is 0.877. The lowest BCUT2D eigenvalue weighted by atomic mass is 9.77. The highest BCUT2D eigenvalue weighted by atomic mass is 19.1. The van der Waals surface area contributed by atoms with Gasteiger partial charge in [-0.25, -0.2) is 4.39 Å². The van der Waals surface area contributed by atoms with Gasteiger partial charge in [-0.1, -0.05) is 18.9 Å². The van der Waals surface area contributed by atoms with Gasteiger partial charge < -0.3 is 10.5 Å². The van der Waals surface area contributed by atoms with E-state index in [1.54, 1.807) is 13.2 Å². The number of hydrogen-bond donors (Lipinski definition) is 1. The van der Waals surface area contributed by atoms with E-state index in [2.05, 4.69) is 0 Å². The zero-order chi connectivity index (χ0) is 12.5. The van der Waals surface area contributed by atoms with E-state index in [0.717, 1.165) is 31.2 Å². The molecule has 1 aliphatic carbocycles. The van der Waals surface area contributed by atoms with Crippen LogP contribution in [0.2, 0.25) is 0 Å². The summed E-state index contributed by atoms with van der Waals surface area (Å²) in [7, 11) is 1.60. The molecule has 1 aromatic carbocycles. The third-order valence-electron chi connectivity index (χ3n) is 3.99. The van der Waals surface area contributed by atoms with Gasteiger partial charge in [0.15, 0.2) is 0 Å². The number of rotatable bonds is 3. The van der Waals surface area contributed by atoms with Crippen LogP contribution in [0.15, 0.2) is 12.1 Å². The Bertz CT molecular complexity index is 411. The molecule has 1 fully saturated rings. The summed E-state index contributed by atoms with van der Waals surface area (Å²) in [6, 6.07) is 3.29. The maximum atomic E-state index is 14.2. The summed E-state index contributed by atoms with van der Waals surface area (Å²) >= 11 is 0. The number of nitrogens with two attached hydrogens (primary N) is 1. The molecule has 1 saturated carbocycles. The third-order valence-corrected chi connectivity index (χ3v) is 3.99. The number of aryl methyl sites for hydroxylation is 1. The molecule has 0 radical (unpaired) electrons. The summed E-state index contributed by atoms with van der Waals surface area (Å²) < 4.78 is 19.6. The lowest BCUT2D eigenvalue weighted by molar-refractivity contribution is 0.361. The van der Waals surface area contributed by atoms with Crippen LogP contribution in [0, 0.1) is 12.7 Å². The molecule has 0 spiro atoms. The van der Waals surface area contributed by atoms with E-state index in [-0.39, 0.29) is 11.2 Å². The second-order valence-electron chi connectivity index (χ2n) is 4.96. The van der Waals surface area contributed by atoms with Gasteiger partial charge in [-0.15, -0.1) is 0 Å². The van der Waals surface area contributed by atoms with Crippen molar-refractivity contribution in [3.63, 3.8) is 0 Å². The first kappa shape index (κ1) is 12.4. The second kappa shape index (κ2) is 4.65. The molecule has 1 aromatic rings. The van der Waals surface area contributed by atoms with Crippen molar-refractivity contribution in [3.05, 3.63) is 29.1 Å². The molecule has 0 amide bonds. The minimum Gasteiger partial charge on any atom is -0.496 e. The Hall–Kier alpha value is -1.09. The largest absolute Gasteiger partial charge is 0.496 e. The predicted octanol–water partition coefficient (Wildman–Crippen LogP) is 2.91. The van der Waals surface area contributed by atoms with Crippen LogP contribution in [-0.4, -0.2) is 13.7 Å². The molecule has 0 saturated heterocycles. The monoisotopic (exact) mass is 237 g/mol. The van der Waals surface area contributed by atoms with Crippen molar-refractivity contribution in [1.82, 2.24) is 0 Å². The van der Waals surface area contributed by atoms with E-state index in [1.165, 1.54) is 6.07 Å². The van der Waals surface area contributed by atoms with Gasteiger partial charge in [0.1, 0.15) is 11.6 Å². The Morgan fingerprint density at radius 2 is 2.00 bits per heavy atom. The number of benzene rings is 1. The van der Waals surface area contributed by atoms with E-state index >= 15 is 0 Å². The molecule has 0 unspecified atom stereocenters. The normalized spacial score (nSPS) is 18.4. The molecule has 0 aliphatic heterocycles. The van der Waals surface area contributed by atoms with Gasteiger partial charge in [0.05, 0.1) is 7.11 Å². The van der Waals surface area contributed by atoms with E-state index in [4.69, 9.17) is 10.5 Å². The van der Waals surface area contributed by atoms with Crippen molar-refractivity contribution in [3.8, 4) is 5.75 Å². The Morgan fingerprint density at radius 3 is 2.53 bits per heavy atom. The highest BCUT2D eigenvalue weighted by Gasteiger charge is 2.39. The van der Waals surface area contributed by atoms with Gasteiger partial charge in [-0.3, -0.25) is 0 Å². The van der Waals surface area contributed by atoms with Crippen LogP contribution in [0.5, 0.6) is 5.75 Å². The van der Waals surface area contributed by atoms with Crippen molar-refractivity contribution < 1.29 is 9.13 Å². The minimum atomic E-state index is -0.221. The van der Waals surface area contributed by atoms with Gasteiger partial charge in [-0.2, -0.15) is 0 Å². The van der Waals surface area contributed by atoms with Gasteiger partial charge in [0.2, 0.25) is 0 Å². The van der Waals surface area contributed by atoms with Crippen LogP contribution in [-0.2, 0) is 5.41 Å². The molecule has 0 atom stereocenters. The lowest BCUT2D eigenvalue weighted by Crippen LogP contribution is -2.33. The fourth-order valence-corrected chi connectivity index (χ4v) is 3.03. The maximum absolute atomic E-state index is 14.2. The Balaban J connectivity index is 2.60. The number of hydrogen-bond acceptors (Lipinski definition) is 2. The standard InChI is InChI=1S/C14H20FNO/c1-10-5-6-11(15)12(13(10)17-2)14(9-16)7-3-4-8-14/h5-6H,3-4,7-9,16H2,1-2H3. The van der Waals surface area contributed by atoms with Crippen molar-refractivity contribution in [2.75, 3.05) is 13.7 Å². The van der Waals surface area contributed by atoms with Crippen molar-refractivity contribution in [2.45, 2.75) is 38.0 Å². The Kier molecular flexibility index (Phi) is 3.38. The van der Waals surface area contributed by atoms with E-state index < -0.39 is 0 Å². The fourth-order valence-electron chi connectivity index (χ4n) is 3.03. The fraction of sp³-hybridized carbons (Fsp3) is 0.571. The highest BCUT2D eigenvalue weighted by molar-refractivity contribution is 5.47. The molecule has 2 N–H and O–H groups in total. The molecule has 0 aromatic heterocycles. The van der Waals surface area contributed by atoms with Crippen LogP contribution in [0.1, 0.15) is 36.8 Å². The van der Waals surface area contributed by atoms with E-state index in [9.17, 15) is 4.39 Å². The zero-order valence-electron chi connectivity index (χ0n) is 10.6. The average Bonchev–Trinajstić information content (AvgIpc) is 2.81. The highest BCUT2D eigenvalue weighted by Crippen LogP contribution is 2.46. The number of methoxy groups -OCH3 is 1. The Morgan fingerprint density at radius 1 is 1.35 bits per heavy atom. The Labute approximate surface area is 102 Å². The van der Waals surface area contributed by atoms with Crippen LogP contribution in [0.3, 0.4) is 0 Å². The summed E-state index contributed by atoms with van der Waals surface area (Å²) in [4.78, 5) is 0. The summed E-state index contributed by atoms with van der Waals surface area (Å²) in [5.74, 6) is 0.497. The van der Waals surface area contributed by atoms with E-state index in [1.807, 2.05) is 6.92 Å². The summed E-state index contributed by atoms with van der Waals surface area (Å²) in [6.45, 7) is 2.44. The van der Waals surface area contributed by atoms with Gasteiger partial charge in [0.25, 0.3) is 0 Å². The SMILES string of the molecule is COc1c(C)ccc(F)c1C1(CN)CCCC1. The first-order valence-electron chi connectivity index (χ1n) is 6.18. The second-order valence-corrected chi connectivity index (χ2v) is 4.96. The first-order chi connectivity index (χ1) is 8.14. The minimum absolute atomic E-state index is 0.181. The average molecular weight is 237 g/mol. The van der Waals surface area contributed by atoms with Crippen LogP contribution in [0.4, 0.5) is 4.39 Å². The van der Waals surface area contributed by atoms with Gasteiger partial charge >= 0.3 is 0 Å². The van der Waals surface area contributed by atoms with Crippen LogP contribution >= 0.6 is 0 Å². The number of ether oxygens (including phenoxy) is 1. The third kappa shape index (κ3) is 1.93. The topological polar surface area (TPSA) is 35.2 Å². The molecule has 0 heterocycles. The number of halogens is 1. The molecular weight excluding hydrogens is 217 g/mol. The van der Waals surface area contributed by atoms with Gasteiger partial charge in [0, 0.05) is 17.5 Å². The molecule has 94 valence electrons. The molecule has 0 bridgehead atoms. The predicted molar refractivity (Wildman–Crippen MR) is 66.9 cm³/mol. The maximum Gasteiger partial charge on any atom is 0.130 e. The van der Waals surface area contributed by atoms with Crippen molar-refractivity contribution in [1.29, 1.82) is 0 Å². The molecule has 3 heteroatoms. The summed E-state index contributed by atoms with van der Waals surface area (Å²) in [5, 5.41) is 0. The summed E-state index contributed by atoms with van der Waals surface area (Å²) in [6.07, 6.45) is 4.15. The van der Waals surface area contributed by atoms with Gasteiger partial charge in [-0.05, 0) is 31.4 Å². The molecule has 2 nitrogen and oxygen atoms in total.